The highest BCUT2D eigenvalue weighted by Gasteiger charge is 2.20. The van der Waals surface area contributed by atoms with Crippen molar-refractivity contribution < 1.29 is 19.0 Å². The molecular weight excluding hydrogens is 368 g/mol. The van der Waals surface area contributed by atoms with E-state index >= 15 is 0 Å². The van der Waals surface area contributed by atoms with Crippen LogP contribution in [0.15, 0.2) is 48.5 Å². The second-order valence-corrected chi connectivity index (χ2v) is 7.53. The first-order valence-corrected chi connectivity index (χ1v) is 10.3. The molecule has 6 heteroatoms. The van der Waals surface area contributed by atoms with Crippen molar-refractivity contribution in [3.8, 4) is 11.5 Å². The summed E-state index contributed by atoms with van der Waals surface area (Å²) in [5.41, 5.74) is 2.22. The van der Waals surface area contributed by atoms with E-state index in [0.717, 1.165) is 44.0 Å². The molecular formula is C23H28N2O4. The predicted octanol–water partition coefficient (Wildman–Crippen LogP) is 2.41. The molecule has 2 aromatic carbocycles. The fraction of sp³-hybridized carbons (Fsp3) is 0.435. The Morgan fingerprint density at radius 3 is 2.69 bits per heavy atom. The molecule has 1 saturated heterocycles. The van der Waals surface area contributed by atoms with Crippen LogP contribution in [0.25, 0.3) is 0 Å². The molecule has 2 aromatic rings. The number of amides is 1. The quantitative estimate of drug-likeness (QED) is 0.813. The molecule has 0 bridgehead atoms. The van der Waals surface area contributed by atoms with Gasteiger partial charge < -0.3 is 19.5 Å². The van der Waals surface area contributed by atoms with Gasteiger partial charge in [-0.3, -0.25) is 9.69 Å². The van der Waals surface area contributed by atoms with Crippen molar-refractivity contribution in [3.05, 3.63) is 59.7 Å². The van der Waals surface area contributed by atoms with Gasteiger partial charge >= 0.3 is 0 Å². The number of ether oxygens (including phenoxy) is 3. The van der Waals surface area contributed by atoms with Crippen LogP contribution in [-0.2, 0) is 22.5 Å². The van der Waals surface area contributed by atoms with Crippen LogP contribution in [0.4, 0.5) is 0 Å². The molecule has 2 heterocycles. The number of rotatable bonds is 6. The highest BCUT2D eigenvalue weighted by molar-refractivity contribution is 5.78. The molecule has 1 fully saturated rings. The predicted molar refractivity (Wildman–Crippen MR) is 110 cm³/mol. The van der Waals surface area contributed by atoms with Gasteiger partial charge in [0.05, 0.1) is 12.5 Å². The molecule has 0 aliphatic carbocycles. The molecule has 1 N–H and O–H groups in total. The van der Waals surface area contributed by atoms with Gasteiger partial charge in [-0.2, -0.15) is 0 Å². The summed E-state index contributed by atoms with van der Waals surface area (Å²) in [6.45, 7) is 5.10. The molecule has 2 aliphatic rings. The molecule has 2 aliphatic heterocycles. The number of carbonyl (C=O) groups excluding carboxylic acids is 1. The normalized spacial score (nSPS) is 19.4. The summed E-state index contributed by atoms with van der Waals surface area (Å²) in [5.74, 6) is 1.44. The largest absolute Gasteiger partial charge is 0.486 e. The third-order valence-electron chi connectivity index (χ3n) is 5.18. The van der Waals surface area contributed by atoms with Crippen molar-refractivity contribution >= 4 is 5.91 Å². The maximum Gasteiger partial charge on any atom is 0.224 e. The summed E-state index contributed by atoms with van der Waals surface area (Å²) in [4.78, 5) is 14.8. The molecule has 6 nitrogen and oxygen atoms in total. The van der Waals surface area contributed by atoms with Crippen molar-refractivity contribution in [2.24, 2.45) is 0 Å². The monoisotopic (exact) mass is 396 g/mol. The standard InChI is InChI=1S/C23H28N2O4/c26-23(14-19-7-8-21-22(13-19)29-12-11-28-21)24-15-20-17-25(9-4-10-27-20)16-18-5-2-1-3-6-18/h1-3,5-8,13,20H,4,9-12,14-17H2,(H,24,26)/t20-/m1/s1. The van der Waals surface area contributed by atoms with E-state index in [1.54, 1.807) is 0 Å². The molecule has 0 radical (unpaired) electrons. The van der Waals surface area contributed by atoms with Crippen molar-refractivity contribution in [1.82, 2.24) is 10.2 Å². The van der Waals surface area contributed by atoms with Crippen molar-refractivity contribution in [2.45, 2.75) is 25.5 Å². The highest BCUT2D eigenvalue weighted by Crippen LogP contribution is 2.30. The van der Waals surface area contributed by atoms with Crippen LogP contribution in [0.3, 0.4) is 0 Å². The smallest absolute Gasteiger partial charge is 0.224 e. The molecule has 0 saturated carbocycles. The zero-order valence-electron chi connectivity index (χ0n) is 16.6. The number of fused-ring (bicyclic) bond motifs is 1. The Labute approximate surface area is 171 Å². The van der Waals surface area contributed by atoms with E-state index in [2.05, 4.69) is 34.5 Å². The van der Waals surface area contributed by atoms with Crippen molar-refractivity contribution in [2.75, 3.05) is 39.5 Å². The minimum absolute atomic E-state index is 0.00503. The van der Waals surface area contributed by atoms with E-state index in [9.17, 15) is 4.79 Å². The Balaban J connectivity index is 1.26. The third-order valence-corrected chi connectivity index (χ3v) is 5.18. The van der Waals surface area contributed by atoms with Crippen LogP contribution in [-0.4, -0.2) is 56.4 Å². The summed E-state index contributed by atoms with van der Waals surface area (Å²) in [7, 11) is 0. The van der Waals surface area contributed by atoms with E-state index in [1.165, 1.54) is 5.56 Å². The lowest BCUT2D eigenvalue weighted by Gasteiger charge is -2.24. The first-order valence-electron chi connectivity index (χ1n) is 10.3. The Bertz CT molecular complexity index is 812. The van der Waals surface area contributed by atoms with Gasteiger partial charge in [-0.05, 0) is 29.7 Å². The molecule has 4 rings (SSSR count). The van der Waals surface area contributed by atoms with Gasteiger partial charge in [-0.1, -0.05) is 36.4 Å². The lowest BCUT2D eigenvalue weighted by Crippen LogP contribution is -2.40. The second kappa shape index (κ2) is 9.76. The summed E-state index contributed by atoms with van der Waals surface area (Å²) in [6, 6.07) is 16.1. The zero-order chi connectivity index (χ0) is 19.9. The molecule has 154 valence electrons. The number of hydrogen-bond donors (Lipinski definition) is 1. The van der Waals surface area contributed by atoms with Gasteiger partial charge in [0.2, 0.25) is 5.91 Å². The van der Waals surface area contributed by atoms with Crippen LogP contribution >= 0.6 is 0 Å². The van der Waals surface area contributed by atoms with Crippen LogP contribution in [0, 0.1) is 0 Å². The maximum atomic E-state index is 12.4. The van der Waals surface area contributed by atoms with Gasteiger partial charge in [-0.15, -0.1) is 0 Å². The topological polar surface area (TPSA) is 60.0 Å². The van der Waals surface area contributed by atoms with Crippen LogP contribution in [0.2, 0.25) is 0 Å². The van der Waals surface area contributed by atoms with E-state index in [4.69, 9.17) is 14.2 Å². The van der Waals surface area contributed by atoms with Gasteiger partial charge in [0.15, 0.2) is 11.5 Å². The average Bonchev–Trinajstić information content (AvgIpc) is 2.98. The molecule has 1 atom stereocenters. The van der Waals surface area contributed by atoms with Crippen LogP contribution in [0.1, 0.15) is 17.5 Å². The minimum atomic E-state index is -0.0101. The van der Waals surface area contributed by atoms with E-state index < -0.39 is 0 Å². The van der Waals surface area contributed by atoms with Gasteiger partial charge in [0.25, 0.3) is 0 Å². The Morgan fingerprint density at radius 1 is 1.00 bits per heavy atom. The SMILES string of the molecule is O=C(Cc1ccc2c(c1)OCCO2)NC[C@@H]1CN(Cc2ccccc2)CCCO1. The third kappa shape index (κ3) is 5.71. The van der Waals surface area contributed by atoms with Gasteiger partial charge in [0, 0.05) is 32.8 Å². The van der Waals surface area contributed by atoms with E-state index in [-0.39, 0.29) is 12.0 Å². The highest BCUT2D eigenvalue weighted by atomic mass is 16.6. The number of hydrogen-bond acceptors (Lipinski definition) is 5. The summed E-state index contributed by atoms with van der Waals surface area (Å²) in [5, 5.41) is 3.03. The molecule has 29 heavy (non-hydrogen) atoms. The number of nitrogens with zero attached hydrogens (tertiary/aromatic N) is 1. The van der Waals surface area contributed by atoms with Gasteiger partial charge in [0.1, 0.15) is 13.2 Å². The first kappa shape index (κ1) is 19.7. The number of benzene rings is 2. The number of carbonyl (C=O) groups is 1. The van der Waals surface area contributed by atoms with Crippen LogP contribution in [0.5, 0.6) is 11.5 Å². The molecule has 0 spiro atoms. The summed E-state index contributed by atoms with van der Waals surface area (Å²) < 4.78 is 17.1. The number of nitrogens with one attached hydrogen (secondary N) is 1. The molecule has 0 aromatic heterocycles. The summed E-state index contributed by atoms with van der Waals surface area (Å²) in [6.07, 6.45) is 1.33. The lowest BCUT2D eigenvalue weighted by atomic mass is 10.1. The van der Waals surface area contributed by atoms with Crippen molar-refractivity contribution in [1.29, 1.82) is 0 Å². The van der Waals surface area contributed by atoms with E-state index in [0.29, 0.717) is 31.9 Å². The zero-order valence-corrected chi connectivity index (χ0v) is 16.6. The van der Waals surface area contributed by atoms with Crippen molar-refractivity contribution in [3.63, 3.8) is 0 Å². The van der Waals surface area contributed by atoms with Gasteiger partial charge in [-0.25, -0.2) is 0 Å². The fourth-order valence-electron chi connectivity index (χ4n) is 3.75. The van der Waals surface area contributed by atoms with E-state index in [1.807, 2.05) is 24.3 Å². The molecule has 1 amide bonds. The second-order valence-electron chi connectivity index (χ2n) is 7.53. The Hall–Kier alpha value is -2.57. The Morgan fingerprint density at radius 2 is 1.83 bits per heavy atom. The molecule has 0 unspecified atom stereocenters. The first-order chi connectivity index (χ1) is 14.3. The van der Waals surface area contributed by atoms with Crippen LogP contribution < -0.4 is 14.8 Å². The fourth-order valence-corrected chi connectivity index (χ4v) is 3.75. The average molecular weight is 396 g/mol. The Kier molecular flexibility index (Phi) is 6.64. The lowest BCUT2D eigenvalue weighted by molar-refractivity contribution is -0.121. The minimum Gasteiger partial charge on any atom is -0.486 e. The summed E-state index contributed by atoms with van der Waals surface area (Å²) >= 11 is 0. The maximum absolute atomic E-state index is 12.4.